The Balaban J connectivity index is 0.000000360. The molecular formula is C20H18ClF3N2O5S. The van der Waals surface area contributed by atoms with Crippen molar-refractivity contribution in [2.24, 2.45) is 0 Å². The number of carbonyl (C=O) groups is 1. The number of benzene rings is 2. The van der Waals surface area contributed by atoms with Crippen molar-refractivity contribution in [1.29, 1.82) is 0 Å². The number of hydrogen-bond acceptors (Lipinski definition) is 5. The van der Waals surface area contributed by atoms with E-state index >= 15 is 0 Å². The smallest absolute Gasteiger partial charge is 0.490 e. The van der Waals surface area contributed by atoms with Crippen LogP contribution in [-0.2, 0) is 21.4 Å². The lowest BCUT2D eigenvalue weighted by atomic mass is 10.1. The second-order valence-corrected chi connectivity index (χ2v) is 9.09. The van der Waals surface area contributed by atoms with Crippen molar-refractivity contribution >= 4 is 38.5 Å². The first-order valence-corrected chi connectivity index (χ1v) is 11.0. The van der Waals surface area contributed by atoms with Gasteiger partial charge in [-0.1, -0.05) is 29.8 Å². The van der Waals surface area contributed by atoms with Crippen LogP contribution in [0, 0.1) is 0 Å². The summed E-state index contributed by atoms with van der Waals surface area (Å²) in [6, 6.07) is 13.6. The van der Waals surface area contributed by atoms with Gasteiger partial charge < -0.3 is 9.84 Å². The summed E-state index contributed by atoms with van der Waals surface area (Å²) in [6.45, 7) is 2.09. The van der Waals surface area contributed by atoms with Crippen LogP contribution in [0.4, 0.5) is 13.2 Å². The first-order chi connectivity index (χ1) is 14.9. The van der Waals surface area contributed by atoms with Gasteiger partial charge in [0.25, 0.3) is 10.0 Å². The maximum absolute atomic E-state index is 13.1. The van der Waals surface area contributed by atoms with E-state index in [1.165, 1.54) is 3.97 Å². The number of hydrogen-bond donors (Lipinski definition) is 1. The standard InChI is InChI=1S/C18H17ClN2O3S.C2HF3O2/c1-20-9-10-24-17-8-7-16-14(15(17)12-20)11-18(19)21(16)25(22,23)13-5-3-2-4-6-13;3-2(4,5)1(6)7/h2-8,11H,9-10,12H2,1H3;(H,6,7). The van der Waals surface area contributed by atoms with Crippen LogP contribution >= 0.6 is 11.6 Å². The average molecular weight is 491 g/mol. The Hall–Kier alpha value is -2.76. The summed E-state index contributed by atoms with van der Waals surface area (Å²) >= 11 is 6.35. The Labute approximate surface area is 186 Å². The number of halogens is 4. The Morgan fingerprint density at radius 2 is 1.78 bits per heavy atom. The number of ether oxygens (including phenoxy) is 1. The summed E-state index contributed by atoms with van der Waals surface area (Å²) in [4.78, 5) is 11.2. The Kier molecular flexibility index (Phi) is 6.72. The summed E-state index contributed by atoms with van der Waals surface area (Å²) in [7, 11) is -1.76. The van der Waals surface area contributed by atoms with Crippen LogP contribution in [0.25, 0.3) is 10.9 Å². The van der Waals surface area contributed by atoms with E-state index in [1.54, 1.807) is 42.5 Å². The number of carboxylic acid groups (broad SMARTS) is 1. The summed E-state index contributed by atoms with van der Waals surface area (Å²) < 4.78 is 64.9. The van der Waals surface area contributed by atoms with E-state index in [4.69, 9.17) is 26.2 Å². The molecule has 7 nitrogen and oxygen atoms in total. The van der Waals surface area contributed by atoms with Crippen LogP contribution in [0.2, 0.25) is 5.15 Å². The fourth-order valence-electron chi connectivity index (χ4n) is 3.16. The Morgan fingerprint density at radius 1 is 1.16 bits per heavy atom. The number of likely N-dealkylation sites (N-methyl/N-ethyl adjacent to an activating group) is 1. The normalized spacial score (nSPS) is 14.7. The Morgan fingerprint density at radius 3 is 2.38 bits per heavy atom. The monoisotopic (exact) mass is 490 g/mol. The van der Waals surface area contributed by atoms with Gasteiger partial charge in [0.2, 0.25) is 0 Å². The molecule has 0 bridgehead atoms. The van der Waals surface area contributed by atoms with Gasteiger partial charge in [-0.2, -0.15) is 13.2 Å². The molecule has 0 radical (unpaired) electrons. The Bertz CT molecular complexity index is 1240. The highest BCUT2D eigenvalue weighted by Crippen LogP contribution is 2.36. The highest BCUT2D eigenvalue weighted by Gasteiger charge is 2.38. The summed E-state index contributed by atoms with van der Waals surface area (Å²) in [6.07, 6.45) is -5.08. The number of rotatable bonds is 2. The van der Waals surface area contributed by atoms with Crippen LogP contribution < -0.4 is 4.74 Å². The maximum atomic E-state index is 13.1. The molecule has 0 unspecified atom stereocenters. The molecule has 0 saturated heterocycles. The van der Waals surface area contributed by atoms with Gasteiger partial charge in [-0.05, 0) is 37.4 Å². The number of aromatic nitrogens is 1. The molecule has 1 aromatic heterocycles. The fraction of sp³-hybridized carbons (Fsp3) is 0.250. The van der Waals surface area contributed by atoms with Crippen LogP contribution in [0.3, 0.4) is 0 Å². The third kappa shape index (κ3) is 4.84. The predicted molar refractivity (Wildman–Crippen MR) is 111 cm³/mol. The van der Waals surface area contributed by atoms with Gasteiger partial charge in [0.1, 0.15) is 17.5 Å². The zero-order valence-corrected chi connectivity index (χ0v) is 18.2. The van der Waals surface area contributed by atoms with Gasteiger partial charge in [-0.3, -0.25) is 4.90 Å². The van der Waals surface area contributed by atoms with E-state index in [9.17, 15) is 21.6 Å². The molecule has 0 fully saturated rings. The predicted octanol–water partition coefficient (Wildman–Crippen LogP) is 3.99. The molecule has 1 aliphatic rings. The van der Waals surface area contributed by atoms with E-state index in [-0.39, 0.29) is 10.0 Å². The van der Waals surface area contributed by atoms with Crippen LogP contribution in [0.5, 0.6) is 5.75 Å². The molecule has 172 valence electrons. The average Bonchev–Trinajstić information content (AvgIpc) is 2.94. The first-order valence-electron chi connectivity index (χ1n) is 9.18. The van der Waals surface area contributed by atoms with Crippen molar-refractivity contribution in [3.63, 3.8) is 0 Å². The van der Waals surface area contributed by atoms with E-state index in [0.717, 1.165) is 23.2 Å². The lowest BCUT2D eigenvalue weighted by molar-refractivity contribution is -0.192. The summed E-state index contributed by atoms with van der Waals surface area (Å²) in [5, 5.41) is 8.09. The highest BCUT2D eigenvalue weighted by atomic mass is 35.5. The number of fused-ring (bicyclic) bond motifs is 3. The maximum Gasteiger partial charge on any atom is 0.490 e. The molecule has 0 saturated carbocycles. The van der Waals surface area contributed by atoms with E-state index in [0.29, 0.717) is 18.7 Å². The molecule has 0 spiro atoms. The quantitative estimate of drug-likeness (QED) is 0.584. The van der Waals surface area contributed by atoms with Crippen LogP contribution in [-0.4, -0.2) is 54.7 Å². The number of alkyl halides is 3. The third-order valence-corrected chi connectivity index (χ3v) is 6.77. The first kappa shape index (κ1) is 23.9. The molecule has 2 heterocycles. The van der Waals surface area contributed by atoms with Crippen molar-refractivity contribution < 1.29 is 36.2 Å². The van der Waals surface area contributed by atoms with E-state index in [2.05, 4.69) is 4.90 Å². The fourth-order valence-corrected chi connectivity index (χ4v) is 5.05. The third-order valence-electron chi connectivity index (χ3n) is 4.65. The number of carboxylic acids is 1. The summed E-state index contributed by atoms with van der Waals surface area (Å²) in [5.74, 6) is -1.98. The zero-order valence-electron chi connectivity index (χ0n) is 16.6. The van der Waals surface area contributed by atoms with Crippen molar-refractivity contribution in [2.45, 2.75) is 17.6 Å². The highest BCUT2D eigenvalue weighted by molar-refractivity contribution is 7.90. The molecule has 2 aromatic carbocycles. The topological polar surface area (TPSA) is 88.8 Å². The molecule has 12 heteroatoms. The summed E-state index contributed by atoms with van der Waals surface area (Å²) in [5.41, 5.74) is 1.52. The van der Waals surface area contributed by atoms with Gasteiger partial charge in [0, 0.05) is 24.0 Å². The molecule has 0 atom stereocenters. The molecule has 32 heavy (non-hydrogen) atoms. The molecule has 1 N–H and O–H groups in total. The van der Waals surface area contributed by atoms with E-state index in [1.807, 2.05) is 13.1 Å². The van der Waals surface area contributed by atoms with Gasteiger partial charge in [-0.25, -0.2) is 17.2 Å². The van der Waals surface area contributed by atoms with Crippen LogP contribution in [0.1, 0.15) is 5.56 Å². The van der Waals surface area contributed by atoms with Crippen LogP contribution in [0.15, 0.2) is 53.4 Å². The minimum absolute atomic E-state index is 0.166. The van der Waals surface area contributed by atoms with Gasteiger partial charge in [-0.15, -0.1) is 0 Å². The minimum atomic E-state index is -5.08. The molecule has 0 amide bonds. The lowest BCUT2D eigenvalue weighted by Gasteiger charge is -2.13. The van der Waals surface area contributed by atoms with Crippen molar-refractivity contribution in [1.82, 2.24) is 8.87 Å². The van der Waals surface area contributed by atoms with Gasteiger partial charge >= 0.3 is 12.1 Å². The van der Waals surface area contributed by atoms with Gasteiger partial charge in [0.05, 0.1) is 10.4 Å². The van der Waals surface area contributed by atoms with E-state index < -0.39 is 22.2 Å². The van der Waals surface area contributed by atoms with Crippen molar-refractivity contribution in [3.05, 3.63) is 59.2 Å². The van der Waals surface area contributed by atoms with Crippen molar-refractivity contribution in [3.8, 4) is 5.75 Å². The molecule has 4 rings (SSSR count). The minimum Gasteiger partial charge on any atom is -0.492 e. The molecule has 0 aliphatic carbocycles. The number of nitrogens with zero attached hydrogens (tertiary/aromatic N) is 2. The lowest BCUT2D eigenvalue weighted by Crippen LogP contribution is -2.21. The second-order valence-electron chi connectivity index (χ2n) is 6.91. The second kappa shape index (κ2) is 9.00. The molecule has 3 aromatic rings. The van der Waals surface area contributed by atoms with Gasteiger partial charge in [0.15, 0.2) is 0 Å². The number of aliphatic carboxylic acids is 1. The molecular weight excluding hydrogens is 473 g/mol. The largest absolute Gasteiger partial charge is 0.492 e. The molecule has 1 aliphatic heterocycles. The van der Waals surface area contributed by atoms with Crippen molar-refractivity contribution in [2.75, 3.05) is 20.2 Å². The SMILES string of the molecule is CN1CCOc2ccc3c(cc(Cl)n3S(=O)(=O)c3ccccc3)c2C1.O=C(O)C(F)(F)F. The zero-order chi connectivity index (χ0) is 23.7.